The molecule has 0 aliphatic carbocycles. The molecule has 5 heteroatoms. The Kier molecular flexibility index (Phi) is 4.06. The highest BCUT2D eigenvalue weighted by Gasteiger charge is 2.30. The van der Waals surface area contributed by atoms with Crippen molar-refractivity contribution in [3.8, 4) is 5.75 Å². The number of anilines is 1. The van der Waals surface area contributed by atoms with Crippen molar-refractivity contribution in [2.24, 2.45) is 0 Å². The van der Waals surface area contributed by atoms with E-state index in [-0.39, 0.29) is 12.2 Å². The summed E-state index contributed by atoms with van der Waals surface area (Å²) in [6, 6.07) is 7.28. The van der Waals surface area contributed by atoms with Crippen LogP contribution in [0.15, 0.2) is 24.3 Å². The molecule has 0 saturated carbocycles. The van der Waals surface area contributed by atoms with Gasteiger partial charge in [-0.2, -0.15) is 0 Å². The van der Waals surface area contributed by atoms with Gasteiger partial charge in [0.05, 0.1) is 6.54 Å². The van der Waals surface area contributed by atoms with E-state index in [9.17, 15) is 4.79 Å². The molecule has 1 aromatic carbocycles. The number of nitrogen functional groups attached to an aromatic ring is 1. The first-order chi connectivity index (χ1) is 9.33. The summed E-state index contributed by atoms with van der Waals surface area (Å²) in [6.07, 6.45) is 0.538. The molecule has 1 aromatic rings. The molecule has 1 saturated heterocycles. The Bertz CT molecular complexity index is 465. The van der Waals surface area contributed by atoms with Gasteiger partial charge < -0.3 is 20.1 Å². The number of carbonyl (C=O) groups is 1. The van der Waals surface area contributed by atoms with Crippen molar-refractivity contribution in [3.05, 3.63) is 24.3 Å². The first-order valence-electron chi connectivity index (χ1n) is 6.83. The first kappa shape index (κ1) is 14.5. The Balaban J connectivity index is 1.86. The summed E-state index contributed by atoms with van der Waals surface area (Å²) < 4.78 is 11.2. The number of nitrogens with two attached hydrogens (primary N) is 1. The lowest BCUT2D eigenvalue weighted by atomic mass is 10.2. The predicted octanol–water partition coefficient (Wildman–Crippen LogP) is 2.66. The van der Waals surface area contributed by atoms with Gasteiger partial charge in [0.2, 0.25) is 0 Å². The van der Waals surface area contributed by atoms with Crippen LogP contribution in [-0.4, -0.2) is 35.8 Å². The zero-order valence-corrected chi connectivity index (χ0v) is 12.3. The summed E-state index contributed by atoms with van der Waals surface area (Å²) in [5.41, 5.74) is 5.87. The molecule has 2 N–H and O–H groups in total. The second-order valence-corrected chi connectivity index (χ2v) is 6.02. The number of ether oxygens (including phenoxy) is 2. The minimum Gasteiger partial charge on any atom is -0.489 e. The number of rotatable bonds is 2. The monoisotopic (exact) mass is 278 g/mol. The third-order valence-corrected chi connectivity index (χ3v) is 2.98. The van der Waals surface area contributed by atoms with Crippen molar-refractivity contribution in [2.45, 2.75) is 38.9 Å². The van der Waals surface area contributed by atoms with E-state index in [0.29, 0.717) is 18.8 Å². The van der Waals surface area contributed by atoms with E-state index in [1.165, 1.54) is 0 Å². The second kappa shape index (κ2) is 5.61. The smallest absolute Gasteiger partial charge is 0.410 e. The van der Waals surface area contributed by atoms with Crippen LogP contribution in [0.5, 0.6) is 5.75 Å². The minimum absolute atomic E-state index is 0.00569. The fraction of sp³-hybridized carbons (Fsp3) is 0.533. The molecule has 1 aliphatic rings. The van der Waals surface area contributed by atoms with Crippen LogP contribution in [0.25, 0.3) is 0 Å². The molecule has 0 bridgehead atoms. The Morgan fingerprint density at radius 2 is 1.95 bits per heavy atom. The Morgan fingerprint density at radius 3 is 2.55 bits per heavy atom. The molecule has 0 aromatic heterocycles. The Morgan fingerprint density at radius 1 is 1.30 bits per heavy atom. The van der Waals surface area contributed by atoms with Gasteiger partial charge in [-0.1, -0.05) is 0 Å². The molecule has 1 atom stereocenters. The number of benzene rings is 1. The van der Waals surface area contributed by atoms with Crippen LogP contribution in [0.4, 0.5) is 10.5 Å². The average Bonchev–Trinajstić information content (AvgIpc) is 2.79. The van der Waals surface area contributed by atoms with Crippen LogP contribution in [-0.2, 0) is 4.74 Å². The molecule has 1 aliphatic heterocycles. The molecule has 110 valence electrons. The van der Waals surface area contributed by atoms with Crippen LogP contribution in [0.3, 0.4) is 0 Å². The third kappa shape index (κ3) is 4.05. The van der Waals surface area contributed by atoms with Crippen LogP contribution in [0, 0.1) is 0 Å². The number of hydrogen-bond donors (Lipinski definition) is 1. The number of likely N-dealkylation sites (tertiary alicyclic amines) is 1. The van der Waals surface area contributed by atoms with Crippen LogP contribution in [0.2, 0.25) is 0 Å². The lowest BCUT2D eigenvalue weighted by Gasteiger charge is -2.24. The normalized spacial score (nSPS) is 18.9. The molecule has 1 unspecified atom stereocenters. The average molecular weight is 278 g/mol. The fourth-order valence-electron chi connectivity index (χ4n) is 2.06. The van der Waals surface area contributed by atoms with Crippen molar-refractivity contribution in [1.82, 2.24) is 4.90 Å². The molecule has 1 heterocycles. The van der Waals surface area contributed by atoms with E-state index in [4.69, 9.17) is 15.2 Å². The van der Waals surface area contributed by atoms with Crippen molar-refractivity contribution in [2.75, 3.05) is 18.8 Å². The summed E-state index contributed by atoms with van der Waals surface area (Å²) >= 11 is 0. The van der Waals surface area contributed by atoms with Crippen molar-refractivity contribution < 1.29 is 14.3 Å². The fourth-order valence-corrected chi connectivity index (χ4v) is 2.06. The highest BCUT2D eigenvalue weighted by atomic mass is 16.6. The van der Waals surface area contributed by atoms with Gasteiger partial charge in [-0.15, -0.1) is 0 Å². The van der Waals surface area contributed by atoms with Crippen LogP contribution < -0.4 is 10.5 Å². The van der Waals surface area contributed by atoms with Gasteiger partial charge in [-0.05, 0) is 45.0 Å². The Hall–Kier alpha value is -1.91. The van der Waals surface area contributed by atoms with Crippen molar-refractivity contribution in [3.63, 3.8) is 0 Å². The molecule has 1 fully saturated rings. The highest BCUT2D eigenvalue weighted by Crippen LogP contribution is 2.21. The van der Waals surface area contributed by atoms with E-state index in [0.717, 1.165) is 12.2 Å². The summed E-state index contributed by atoms with van der Waals surface area (Å²) in [5, 5.41) is 0. The van der Waals surface area contributed by atoms with Crippen LogP contribution >= 0.6 is 0 Å². The van der Waals surface area contributed by atoms with E-state index in [1.54, 1.807) is 17.0 Å². The third-order valence-electron chi connectivity index (χ3n) is 2.98. The van der Waals surface area contributed by atoms with E-state index in [2.05, 4.69) is 0 Å². The number of nitrogens with zero attached hydrogens (tertiary/aromatic N) is 1. The summed E-state index contributed by atoms with van der Waals surface area (Å²) in [6.45, 7) is 6.81. The molecule has 1 amide bonds. The van der Waals surface area contributed by atoms with E-state index >= 15 is 0 Å². The topological polar surface area (TPSA) is 64.8 Å². The summed E-state index contributed by atoms with van der Waals surface area (Å²) in [4.78, 5) is 13.6. The maximum Gasteiger partial charge on any atom is 0.410 e. The predicted molar refractivity (Wildman–Crippen MR) is 77.7 cm³/mol. The van der Waals surface area contributed by atoms with Crippen LogP contribution in [0.1, 0.15) is 27.2 Å². The van der Waals surface area contributed by atoms with Gasteiger partial charge in [-0.3, -0.25) is 0 Å². The quantitative estimate of drug-likeness (QED) is 0.845. The SMILES string of the molecule is CC(C)(C)OC(=O)N1CCC(Oc2ccc(N)cc2)C1. The first-order valence-corrected chi connectivity index (χ1v) is 6.83. The van der Waals surface area contributed by atoms with E-state index < -0.39 is 5.60 Å². The van der Waals surface area contributed by atoms with Gasteiger partial charge in [0.1, 0.15) is 17.5 Å². The number of amides is 1. The zero-order valence-electron chi connectivity index (χ0n) is 12.3. The summed E-state index contributed by atoms with van der Waals surface area (Å²) in [7, 11) is 0. The molecule has 5 nitrogen and oxygen atoms in total. The molecule has 20 heavy (non-hydrogen) atoms. The zero-order chi connectivity index (χ0) is 14.8. The largest absolute Gasteiger partial charge is 0.489 e. The molecule has 2 rings (SSSR count). The lowest BCUT2D eigenvalue weighted by Crippen LogP contribution is -2.36. The minimum atomic E-state index is -0.465. The summed E-state index contributed by atoms with van der Waals surface area (Å²) in [5.74, 6) is 0.773. The Labute approximate surface area is 119 Å². The second-order valence-electron chi connectivity index (χ2n) is 6.02. The lowest BCUT2D eigenvalue weighted by molar-refractivity contribution is 0.0275. The molecule has 0 spiro atoms. The van der Waals surface area contributed by atoms with Crippen molar-refractivity contribution in [1.29, 1.82) is 0 Å². The molecular weight excluding hydrogens is 256 g/mol. The van der Waals surface area contributed by atoms with Gasteiger partial charge in [0.15, 0.2) is 0 Å². The molecule has 0 radical (unpaired) electrons. The maximum absolute atomic E-state index is 11.9. The number of carbonyl (C=O) groups excluding carboxylic acids is 1. The van der Waals surface area contributed by atoms with Gasteiger partial charge in [0, 0.05) is 18.7 Å². The van der Waals surface area contributed by atoms with E-state index in [1.807, 2.05) is 32.9 Å². The van der Waals surface area contributed by atoms with Gasteiger partial charge >= 0.3 is 6.09 Å². The van der Waals surface area contributed by atoms with Gasteiger partial charge in [-0.25, -0.2) is 4.79 Å². The maximum atomic E-state index is 11.9. The highest BCUT2D eigenvalue weighted by molar-refractivity contribution is 5.68. The standard InChI is InChI=1S/C15H22N2O3/c1-15(2,3)20-14(18)17-9-8-13(10-17)19-12-6-4-11(16)5-7-12/h4-7,13H,8-10,16H2,1-3H3. The van der Waals surface area contributed by atoms with Gasteiger partial charge in [0.25, 0.3) is 0 Å². The van der Waals surface area contributed by atoms with Crippen molar-refractivity contribution >= 4 is 11.8 Å². The number of hydrogen-bond acceptors (Lipinski definition) is 4. The molecular formula is C15H22N2O3.